The van der Waals surface area contributed by atoms with Gasteiger partial charge in [0.05, 0.1) is 16.8 Å². The summed E-state index contributed by atoms with van der Waals surface area (Å²) in [5.74, 6) is -0.513. The number of carbonyl (C=O) groups is 2. The van der Waals surface area contributed by atoms with Gasteiger partial charge in [-0.25, -0.2) is 13.1 Å². The summed E-state index contributed by atoms with van der Waals surface area (Å²) in [5, 5.41) is 5.35. The smallest absolute Gasteiger partial charge is 0.255 e. The van der Waals surface area contributed by atoms with Crippen LogP contribution in [-0.4, -0.2) is 37.8 Å². The third-order valence-corrected chi connectivity index (χ3v) is 5.35. The van der Waals surface area contributed by atoms with E-state index < -0.39 is 15.9 Å². The van der Waals surface area contributed by atoms with Crippen LogP contribution in [0.2, 0.25) is 0 Å². The second-order valence-corrected chi connectivity index (χ2v) is 7.65. The highest BCUT2D eigenvalue weighted by Crippen LogP contribution is 2.14. The molecule has 8 nitrogen and oxygen atoms in total. The molecule has 1 aromatic heterocycles. The van der Waals surface area contributed by atoms with Crippen LogP contribution in [0.3, 0.4) is 0 Å². The molecule has 1 aliphatic rings. The van der Waals surface area contributed by atoms with Crippen LogP contribution >= 0.6 is 0 Å². The molecular formula is C17H18N4O4S. The number of carbonyl (C=O) groups excluding carboxylic acids is 2. The van der Waals surface area contributed by atoms with Gasteiger partial charge in [0.15, 0.2) is 0 Å². The molecule has 0 radical (unpaired) electrons. The van der Waals surface area contributed by atoms with Crippen molar-refractivity contribution in [2.24, 2.45) is 0 Å². The Kier molecular flexibility index (Phi) is 5.29. The molecule has 26 heavy (non-hydrogen) atoms. The first-order valence-electron chi connectivity index (χ1n) is 8.04. The SMILES string of the molecule is O=C1CC[C@H](CNS(=O)(=O)c2cccc(C(=O)Nc3cccnc3)c2)N1. The predicted molar refractivity (Wildman–Crippen MR) is 95.0 cm³/mol. The number of amides is 2. The van der Waals surface area contributed by atoms with Crippen LogP contribution in [0.1, 0.15) is 23.2 Å². The van der Waals surface area contributed by atoms with Crippen molar-refractivity contribution in [3.63, 3.8) is 0 Å². The molecule has 1 aliphatic heterocycles. The van der Waals surface area contributed by atoms with E-state index in [1.807, 2.05) is 0 Å². The van der Waals surface area contributed by atoms with Gasteiger partial charge in [-0.15, -0.1) is 0 Å². The maximum Gasteiger partial charge on any atom is 0.255 e. The van der Waals surface area contributed by atoms with Crippen molar-refractivity contribution in [1.82, 2.24) is 15.0 Å². The number of sulfonamides is 1. The molecule has 1 aromatic carbocycles. The molecule has 136 valence electrons. The zero-order valence-electron chi connectivity index (χ0n) is 13.8. The van der Waals surface area contributed by atoms with E-state index in [4.69, 9.17) is 0 Å². The third-order valence-electron chi connectivity index (χ3n) is 3.93. The van der Waals surface area contributed by atoms with Crippen molar-refractivity contribution in [3.8, 4) is 0 Å². The zero-order valence-corrected chi connectivity index (χ0v) is 14.6. The predicted octanol–water partition coefficient (Wildman–Crippen LogP) is 0.891. The van der Waals surface area contributed by atoms with E-state index in [1.54, 1.807) is 18.3 Å². The first-order chi connectivity index (χ1) is 12.4. The quantitative estimate of drug-likeness (QED) is 0.694. The van der Waals surface area contributed by atoms with E-state index in [-0.39, 0.29) is 29.0 Å². The van der Waals surface area contributed by atoms with Crippen molar-refractivity contribution < 1.29 is 18.0 Å². The van der Waals surface area contributed by atoms with Gasteiger partial charge in [0.25, 0.3) is 5.91 Å². The molecule has 1 atom stereocenters. The minimum atomic E-state index is -3.79. The molecule has 2 amide bonds. The van der Waals surface area contributed by atoms with Gasteiger partial charge in [-0.05, 0) is 36.8 Å². The molecule has 0 spiro atoms. The maximum atomic E-state index is 12.4. The van der Waals surface area contributed by atoms with Crippen LogP contribution in [0.4, 0.5) is 5.69 Å². The fraction of sp³-hybridized carbons (Fsp3) is 0.235. The molecule has 1 fully saturated rings. The lowest BCUT2D eigenvalue weighted by Gasteiger charge is -2.12. The lowest BCUT2D eigenvalue weighted by atomic mass is 10.2. The Bertz CT molecular complexity index is 915. The van der Waals surface area contributed by atoms with Gasteiger partial charge in [-0.3, -0.25) is 14.6 Å². The van der Waals surface area contributed by atoms with Crippen LogP contribution in [0.15, 0.2) is 53.7 Å². The minimum absolute atomic E-state index is 0.0133. The zero-order chi connectivity index (χ0) is 18.6. The summed E-state index contributed by atoms with van der Waals surface area (Å²) >= 11 is 0. The Morgan fingerprint density at radius 2 is 2.12 bits per heavy atom. The average molecular weight is 374 g/mol. The monoisotopic (exact) mass is 374 g/mol. The summed E-state index contributed by atoms with van der Waals surface area (Å²) in [5.41, 5.74) is 0.728. The summed E-state index contributed by atoms with van der Waals surface area (Å²) in [6, 6.07) is 8.91. The van der Waals surface area contributed by atoms with Crippen LogP contribution in [0.5, 0.6) is 0 Å². The number of pyridine rings is 1. The summed E-state index contributed by atoms with van der Waals surface area (Å²) in [4.78, 5) is 27.4. The van der Waals surface area contributed by atoms with Gasteiger partial charge in [-0.2, -0.15) is 0 Å². The Hall–Kier alpha value is -2.78. The number of rotatable bonds is 6. The van der Waals surface area contributed by atoms with E-state index in [2.05, 4.69) is 20.3 Å². The molecule has 0 bridgehead atoms. The van der Waals surface area contributed by atoms with Gasteiger partial charge >= 0.3 is 0 Å². The largest absolute Gasteiger partial charge is 0.352 e. The Balaban J connectivity index is 1.69. The summed E-state index contributed by atoms with van der Waals surface area (Å²) in [6.07, 6.45) is 4.07. The molecule has 2 aromatic rings. The fourth-order valence-electron chi connectivity index (χ4n) is 2.57. The van der Waals surface area contributed by atoms with Crippen molar-refractivity contribution >= 4 is 27.5 Å². The van der Waals surface area contributed by atoms with E-state index in [0.717, 1.165) is 0 Å². The number of nitrogens with zero attached hydrogens (tertiary/aromatic N) is 1. The topological polar surface area (TPSA) is 117 Å². The van der Waals surface area contributed by atoms with E-state index in [0.29, 0.717) is 18.5 Å². The molecule has 0 unspecified atom stereocenters. The standard InChI is InChI=1S/C17H18N4O4S/c22-16-7-6-14(20-16)11-19-26(24,25)15-5-1-3-12(9-15)17(23)21-13-4-2-8-18-10-13/h1-5,8-10,14,19H,6-7,11H2,(H,20,22)(H,21,23)/t14-/m1/s1. The number of hydrogen-bond acceptors (Lipinski definition) is 5. The van der Waals surface area contributed by atoms with Crippen LogP contribution in [0, 0.1) is 0 Å². The van der Waals surface area contributed by atoms with Gasteiger partial charge in [0.2, 0.25) is 15.9 Å². The summed E-state index contributed by atoms with van der Waals surface area (Å²) in [6.45, 7) is 0.111. The molecular weight excluding hydrogens is 356 g/mol. The maximum absolute atomic E-state index is 12.4. The van der Waals surface area contributed by atoms with Crippen LogP contribution in [-0.2, 0) is 14.8 Å². The van der Waals surface area contributed by atoms with Gasteiger partial charge in [-0.1, -0.05) is 6.07 Å². The Morgan fingerprint density at radius 1 is 1.27 bits per heavy atom. The van der Waals surface area contributed by atoms with Crippen molar-refractivity contribution in [1.29, 1.82) is 0 Å². The third kappa shape index (κ3) is 4.44. The van der Waals surface area contributed by atoms with Crippen molar-refractivity contribution in [2.75, 3.05) is 11.9 Å². The molecule has 9 heteroatoms. The molecule has 3 rings (SSSR count). The fourth-order valence-corrected chi connectivity index (χ4v) is 3.70. The number of benzene rings is 1. The lowest BCUT2D eigenvalue weighted by molar-refractivity contribution is -0.119. The Labute approximate surface area is 151 Å². The second-order valence-electron chi connectivity index (χ2n) is 5.88. The van der Waals surface area contributed by atoms with Crippen molar-refractivity contribution in [3.05, 3.63) is 54.4 Å². The second kappa shape index (κ2) is 7.63. The minimum Gasteiger partial charge on any atom is -0.352 e. The highest BCUT2D eigenvalue weighted by molar-refractivity contribution is 7.89. The normalized spacial score (nSPS) is 16.9. The van der Waals surface area contributed by atoms with Gasteiger partial charge < -0.3 is 10.6 Å². The molecule has 0 saturated carbocycles. The number of anilines is 1. The molecule has 1 saturated heterocycles. The first-order valence-corrected chi connectivity index (χ1v) is 9.53. The van der Waals surface area contributed by atoms with E-state index in [1.165, 1.54) is 30.5 Å². The number of hydrogen-bond donors (Lipinski definition) is 3. The first kappa shape index (κ1) is 18.0. The van der Waals surface area contributed by atoms with Gasteiger partial charge in [0, 0.05) is 30.8 Å². The lowest BCUT2D eigenvalue weighted by Crippen LogP contribution is -2.38. The molecule has 2 heterocycles. The highest BCUT2D eigenvalue weighted by atomic mass is 32.2. The molecule has 3 N–H and O–H groups in total. The van der Waals surface area contributed by atoms with Crippen LogP contribution in [0.25, 0.3) is 0 Å². The average Bonchev–Trinajstić information content (AvgIpc) is 3.06. The molecule has 0 aliphatic carbocycles. The van der Waals surface area contributed by atoms with E-state index >= 15 is 0 Å². The van der Waals surface area contributed by atoms with Crippen molar-refractivity contribution in [2.45, 2.75) is 23.8 Å². The Morgan fingerprint density at radius 3 is 2.81 bits per heavy atom. The number of aromatic nitrogens is 1. The number of nitrogens with one attached hydrogen (secondary N) is 3. The summed E-state index contributed by atoms with van der Waals surface area (Å²) in [7, 11) is -3.79. The summed E-state index contributed by atoms with van der Waals surface area (Å²) < 4.78 is 27.3. The van der Waals surface area contributed by atoms with E-state index in [9.17, 15) is 18.0 Å². The van der Waals surface area contributed by atoms with Gasteiger partial charge in [0.1, 0.15) is 0 Å². The van der Waals surface area contributed by atoms with Crippen LogP contribution < -0.4 is 15.4 Å². The highest BCUT2D eigenvalue weighted by Gasteiger charge is 2.23.